The predicted octanol–water partition coefficient (Wildman–Crippen LogP) is 4.92. The van der Waals surface area contributed by atoms with E-state index in [0.29, 0.717) is 6.61 Å². The van der Waals surface area contributed by atoms with Gasteiger partial charge in [0.05, 0.1) is 6.61 Å². The minimum absolute atomic E-state index is 0.697. The second-order valence-electron chi connectivity index (χ2n) is 3.56. The maximum absolute atomic E-state index is 5.94. The Morgan fingerprint density at radius 3 is 2.88 bits per heavy atom. The molecule has 1 heterocycles. The first-order valence-electron chi connectivity index (χ1n) is 5.29. The molecule has 0 aliphatic heterocycles. The van der Waals surface area contributed by atoms with E-state index in [1.807, 2.05) is 18.2 Å². The molecule has 1 aromatic heterocycles. The van der Waals surface area contributed by atoms with E-state index in [-0.39, 0.29) is 0 Å². The lowest BCUT2D eigenvalue weighted by Crippen LogP contribution is -2.01. The monoisotopic (exact) mass is 330 g/mol. The topological polar surface area (TPSA) is 9.23 Å². The number of rotatable bonds is 5. The van der Waals surface area contributed by atoms with Gasteiger partial charge in [-0.3, -0.25) is 0 Å². The van der Waals surface area contributed by atoms with Gasteiger partial charge in [0.15, 0.2) is 0 Å². The number of benzene rings is 1. The molecule has 0 bridgehead atoms. The predicted molar refractivity (Wildman–Crippen MR) is 77.6 cm³/mol. The van der Waals surface area contributed by atoms with E-state index in [1.54, 1.807) is 11.3 Å². The van der Waals surface area contributed by atoms with Gasteiger partial charge in [-0.15, -0.1) is 11.3 Å². The molecular weight excluding hydrogens is 320 g/mol. The molecule has 0 fully saturated rings. The van der Waals surface area contributed by atoms with E-state index < -0.39 is 0 Å². The molecule has 1 nitrogen and oxygen atoms in total. The van der Waals surface area contributed by atoms with Gasteiger partial charge in [-0.05, 0) is 29.6 Å². The maximum Gasteiger partial charge on any atom is 0.123 e. The van der Waals surface area contributed by atoms with Crippen LogP contribution < -0.4 is 4.74 Å². The van der Waals surface area contributed by atoms with Crippen molar-refractivity contribution in [3.63, 3.8) is 0 Å². The van der Waals surface area contributed by atoms with Crippen molar-refractivity contribution in [1.82, 2.24) is 0 Å². The van der Waals surface area contributed by atoms with Crippen LogP contribution in [0.1, 0.15) is 10.4 Å². The van der Waals surface area contributed by atoms with Gasteiger partial charge < -0.3 is 4.74 Å². The average molecular weight is 332 g/mol. The molecule has 0 amide bonds. The van der Waals surface area contributed by atoms with Crippen LogP contribution in [0.15, 0.2) is 35.7 Å². The van der Waals surface area contributed by atoms with Crippen molar-refractivity contribution in [2.75, 3.05) is 6.61 Å². The third kappa shape index (κ3) is 3.73. The number of alkyl halides is 1. The molecule has 2 rings (SSSR count). The Labute approximate surface area is 119 Å². The van der Waals surface area contributed by atoms with Crippen LogP contribution in [0.5, 0.6) is 5.75 Å². The van der Waals surface area contributed by atoms with Crippen LogP contribution >= 0.6 is 38.9 Å². The lowest BCUT2D eigenvalue weighted by Gasteiger charge is -2.09. The number of halogens is 2. The second kappa shape index (κ2) is 6.43. The van der Waals surface area contributed by atoms with Gasteiger partial charge >= 0.3 is 0 Å². The molecule has 0 atom stereocenters. The van der Waals surface area contributed by atoms with E-state index in [0.717, 1.165) is 28.1 Å². The highest BCUT2D eigenvalue weighted by atomic mass is 79.9. The third-order valence-electron chi connectivity index (χ3n) is 2.35. The molecular formula is C13H12BrClOS. The highest BCUT2D eigenvalue weighted by Crippen LogP contribution is 2.25. The molecule has 0 saturated heterocycles. The molecule has 4 heteroatoms. The average Bonchev–Trinajstić information content (AvgIpc) is 2.84. The summed E-state index contributed by atoms with van der Waals surface area (Å²) in [5.74, 6) is 0.905. The summed E-state index contributed by atoms with van der Waals surface area (Å²) in [6, 6.07) is 9.89. The summed E-state index contributed by atoms with van der Waals surface area (Å²) in [6.07, 6.45) is 0.946. The molecule has 0 aliphatic rings. The zero-order chi connectivity index (χ0) is 12.1. The van der Waals surface area contributed by atoms with Gasteiger partial charge in [0, 0.05) is 27.2 Å². The Kier molecular flexibility index (Phi) is 4.89. The zero-order valence-corrected chi connectivity index (χ0v) is 12.3. The first-order valence-corrected chi connectivity index (χ1v) is 7.67. The SMILES string of the molecule is Clc1ccc(OCCc2cccs2)c(CBr)c1. The van der Waals surface area contributed by atoms with E-state index in [1.165, 1.54) is 4.88 Å². The fourth-order valence-corrected chi connectivity index (χ4v) is 2.83. The number of thiophene rings is 1. The van der Waals surface area contributed by atoms with Crippen molar-refractivity contribution in [3.05, 3.63) is 51.2 Å². The van der Waals surface area contributed by atoms with Gasteiger partial charge in [-0.2, -0.15) is 0 Å². The lowest BCUT2D eigenvalue weighted by atomic mass is 10.2. The van der Waals surface area contributed by atoms with Crippen molar-refractivity contribution < 1.29 is 4.74 Å². The zero-order valence-electron chi connectivity index (χ0n) is 9.16. The Hall–Kier alpha value is -0.510. The first kappa shape index (κ1) is 12.9. The Balaban J connectivity index is 1.94. The van der Waals surface area contributed by atoms with E-state index >= 15 is 0 Å². The van der Waals surface area contributed by atoms with Gasteiger partial charge in [0.1, 0.15) is 5.75 Å². The van der Waals surface area contributed by atoms with Crippen LogP contribution in [-0.2, 0) is 11.8 Å². The van der Waals surface area contributed by atoms with Crippen LogP contribution in [0.4, 0.5) is 0 Å². The summed E-state index contributed by atoms with van der Waals surface area (Å²) in [5, 5.41) is 3.58. The lowest BCUT2D eigenvalue weighted by molar-refractivity contribution is 0.320. The third-order valence-corrected chi connectivity index (χ3v) is 4.13. The van der Waals surface area contributed by atoms with Crippen molar-refractivity contribution in [3.8, 4) is 5.75 Å². The van der Waals surface area contributed by atoms with Gasteiger partial charge in [-0.1, -0.05) is 33.6 Å². The van der Waals surface area contributed by atoms with Gasteiger partial charge in [0.2, 0.25) is 0 Å². The molecule has 0 spiro atoms. The molecule has 0 aliphatic carbocycles. The Morgan fingerprint density at radius 1 is 1.29 bits per heavy atom. The summed E-state index contributed by atoms with van der Waals surface area (Å²) in [5.41, 5.74) is 1.09. The molecule has 90 valence electrons. The standard InChI is InChI=1S/C13H12BrClOS/c14-9-10-8-11(15)3-4-13(10)16-6-5-12-2-1-7-17-12/h1-4,7-8H,5-6,9H2. The number of hydrogen-bond acceptors (Lipinski definition) is 2. The van der Waals surface area contributed by atoms with Crippen LogP contribution in [0.2, 0.25) is 5.02 Å². The highest BCUT2D eigenvalue weighted by molar-refractivity contribution is 9.08. The smallest absolute Gasteiger partial charge is 0.123 e. The summed E-state index contributed by atoms with van der Waals surface area (Å²) >= 11 is 11.1. The van der Waals surface area contributed by atoms with Crippen molar-refractivity contribution >= 4 is 38.9 Å². The largest absolute Gasteiger partial charge is 0.493 e. The van der Waals surface area contributed by atoms with Gasteiger partial charge in [0.25, 0.3) is 0 Å². The van der Waals surface area contributed by atoms with Crippen molar-refractivity contribution in [1.29, 1.82) is 0 Å². The summed E-state index contributed by atoms with van der Waals surface area (Å²) in [4.78, 5) is 1.35. The molecule has 0 saturated carbocycles. The minimum atomic E-state index is 0.697. The molecule has 0 N–H and O–H groups in total. The van der Waals surface area contributed by atoms with Crippen LogP contribution in [0.3, 0.4) is 0 Å². The Bertz CT molecular complexity index is 470. The van der Waals surface area contributed by atoms with Crippen LogP contribution in [-0.4, -0.2) is 6.61 Å². The molecule has 0 unspecified atom stereocenters. The number of ether oxygens (including phenoxy) is 1. The van der Waals surface area contributed by atoms with Crippen molar-refractivity contribution in [2.24, 2.45) is 0 Å². The van der Waals surface area contributed by atoms with E-state index in [2.05, 4.69) is 33.4 Å². The Morgan fingerprint density at radius 2 is 2.18 bits per heavy atom. The molecule has 2 aromatic rings. The molecule has 1 aromatic carbocycles. The minimum Gasteiger partial charge on any atom is -0.493 e. The quantitative estimate of drug-likeness (QED) is 0.707. The number of hydrogen-bond donors (Lipinski definition) is 0. The normalized spacial score (nSPS) is 10.5. The maximum atomic E-state index is 5.94. The molecule has 0 radical (unpaired) electrons. The van der Waals surface area contributed by atoms with Crippen LogP contribution in [0.25, 0.3) is 0 Å². The van der Waals surface area contributed by atoms with Gasteiger partial charge in [-0.25, -0.2) is 0 Å². The summed E-state index contributed by atoms with van der Waals surface area (Å²) in [6.45, 7) is 0.697. The first-order chi connectivity index (χ1) is 8.29. The summed E-state index contributed by atoms with van der Waals surface area (Å²) < 4.78 is 5.77. The van der Waals surface area contributed by atoms with Crippen molar-refractivity contribution in [2.45, 2.75) is 11.8 Å². The highest BCUT2D eigenvalue weighted by Gasteiger charge is 2.03. The fraction of sp³-hybridized carbons (Fsp3) is 0.231. The van der Waals surface area contributed by atoms with Crippen LogP contribution in [0, 0.1) is 0 Å². The van der Waals surface area contributed by atoms with E-state index in [4.69, 9.17) is 16.3 Å². The van der Waals surface area contributed by atoms with E-state index in [9.17, 15) is 0 Å². The second-order valence-corrected chi connectivity index (χ2v) is 5.59. The summed E-state index contributed by atoms with van der Waals surface area (Å²) in [7, 11) is 0. The fourth-order valence-electron chi connectivity index (χ4n) is 1.51. The molecule has 17 heavy (non-hydrogen) atoms.